The highest BCUT2D eigenvalue weighted by Crippen LogP contribution is 2.46. The molecule has 0 N–H and O–H groups in total. The van der Waals surface area contributed by atoms with Gasteiger partial charge < -0.3 is 23.8 Å². The number of hydrogen-bond acceptors (Lipinski definition) is 7. The first kappa shape index (κ1) is 17.8. The van der Waals surface area contributed by atoms with Gasteiger partial charge in [-0.15, -0.1) is 0 Å². The first-order valence-electron chi connectivity index (χ1n) is 9.83. The second-order valence-electron chi connectivity index (χ2n) is 7.22. The van der Waals surface area contributed by atoms with E-state index in [1.807, 2.05) is 24.4 Å². The van der Waals surface area contributed by atoms with E-state index in [-0.39, 0.29) is 6.79 Å². The normalized spacial score (nSPS) is 14.0. The second kappa shape index (κ2) is 6.99. The quantitative estimate of drug-likeness (QED) is 0.645. The molecule has 7 heteroatoms. The molecule has 0 atom stereocenters. The Hall–Kier alpha value is -3.22. The van der Waals surface area contributed by atoms with E-state index >= 15 is 0 Å². The fourth-order valence-electron chi connectivity index (χ4n) is 4.04. The summed E-state index contributed by atoms with van der Waals surface area (Å²) in [6, 6.07) is 6.00. The Morgan fingerprint density at radius 3 is 2.69 bits per heavy atom. The van der Waals surface area contributed by atoms with Gasteiger partial charge in [-0.25, -0.2) is 4.98 Å². The highest BCUT2D eigenvalue weighted by Gasteiger charge is 2.28. The minimum atomic E-state index is 0.248. The van der Waals surface area contributed by atoms with Gasteiger partial charge in [-0.2, -0.15) is 0 Å². The molecule has 7 nitrogen and oxygen atoms in total. The molecule has 2 aliphatic rings. The summed E-state index contributed by atoms with van der Waals surface area (Å²) in [6.45, 7) is 4.16. The largest absolute Gasteiger partial charge is 0.491 e. The van der Waals surface area contributed by atoms with Gasteiger partial charge in [0, 0.05) is 42.4 Å². The lowest BCUT2D eigenvalue weighted by atomic mass is 9.95. The summed E-state index contributed by atoms with van der Waals surface area (Å²) >= 11 is 0. The lowest BCUT2D eigenvalue weighted by molar-refractivity contribution is 0.174. The Morgan fingerprint density at radius 2 is 1.93 bits per heavy atom. The van der Waals surface area contributed by atoms with E-state index in [2.05, 4.69) is 11.8 Å². The number of unbranched alkanes of at least 4 members (excludes halogenated alkanes) is 1. The minimum Gasteiger partial charge on any atom is -0.491 e. The first-order chi connectivity index (χ1) is 14.2. The van der Waals surface area contributed by atoms with E-state index in [4.69, 9.17) is 28.9 Å². The monoisotopic (exact) mass is 393 g/mol. The summed E-state index contributed by atoms with van der Waals surface area (Å²) in [4.78, 5) is 11.8. The van der Waals surface area contributed by atoms with Crippen molar-refractivity contribution in [3.63, 3.8) is 0 Å². The number of pyridine rings is 2. The molecule has 5 rings (SSSR count). The maximum atomic E-state index is 5.61. The van der Waals surface area contributed by atoms with E-state index < -0.39 is 0 Å². The van der Waals surface area contributed by atoms with Crippen LogP contribution in [0.5, 0.6) is 23.1 Å². The van der Waals surface area contributed by atoms with Gasteiger partial charge in [-0.3, -0.25) is 4.98 Å². The molecule has 0 saturated carbocycles. The predicted octanol–water partition coefficient (Wildman–Crippen LogP) is 4.16. The van der Waals surface area contributed by atoms with Crippen molar-refractivity contribution in [3.05, 3.63) is 30.0 Å². The third kappa shape index (κ3) is 2.80. The van der Waals surface area contributed by atoms with Gasteiger partial charge in [0.2, 0.25) is 6.79 Å². The first-order valence-corrected chi connectivity index (χ1v) is 9.83. The van der Waals surface area contributed by atoms with Gasteiger partial charge >= 0.3 is 0 Å². The van der Waals surface area contributed by atoms with Gasteiger partial charge in [0.15, 0.2) is 17.2 Å². The van der Waals surface area contributed by atoms with Crippen LogP contribution in [0.15, 0.2) is 24.4 Å². The Balaban J connectivity index is 1.74. The standard InChI is InChI=1S/C22H23N3O4/c1-4-5-6-25-11-15-13-7-18-19(29-12-28-18)8-16(13)23-10-14(15)21-17(25)9-20(26-2)22(24-21)27-3/h7-10H,4-6,11-12H2,1-3H3. The highest BCUT2D eigenvalue weighted by atomic mass is 16.7. The molecule has 0 aliphatic carbocycles. The summed E-state index contributed by atoms with van der Waals surface area (Å²) in [7, 11) is 3.24. The molecule has 1 aromatic carbocycles. The molecule has 150 valence electrons. The Kier molecular flexibility index (Phi) is 4.30. The maximum absolute atomic E-state index is 5.61. The summed E-state index contributed by atoms with van der Waals surface area (Å²) < 4.78 is 22.1. The molecular formula is C22H23N3O4. The van der Waals surface area contributed by atoms with Crippen molar-refractivity contribution < 1.29 is 18.9 Å². The van der Waals surface area contributed by atoms with Crippen molar-refractivity contribution >= 4 is 16.6 Å². The topological polar surface area (TPSA) is 65.9 Å². The summed E-state index contributed by atoms with van der Waals surface area (Å²) in [6.07, 6.45) is 4.11. The molecule has 0 amide bonds. The number of hydrogen-bond donors (Lipinski definition) is 0. The van der Waals surface area contributed by atoms with Crippen molar-refractivity contribution in [2.24, 2.45) is 0 Å². The van der Waals surface area contributed by atoms with Crippen LogP contribution in [-0.2, 0) is 6.54 Å². The van der Waals surface area contributed by atoms with Crippen LogP contribution in [0.1, 0.15) is 25.3 Å². The molecule has 3 aromatic rings. The Morgan fingerprint density at radius 1 is 1.10 bits per heavy atom. The van der Waals surface area contributed by atoms with Crippen molar-refractivity contribution in [1.82, 2.24) is 9.97 Å². The minimum absolute atomic E-state index is 0.248. The summed E-state index contributed by atoms with van der Waals surface area (Å²) in [5.74, 6) is 2.61. The number of nitrogens with zero attached hydrogens (tertiary/aromatic N) is 3. The van der Waals surface area contributed by atoms with Gasteiger partial charge in [0.05, 0.1) is 31.1 Å². The number of benzene rings is 1. The van der Waals surface area contributed by atoms with Crippen LogP contribution in [0.3, 0.4) is 0 Å². The van der Waals surface area contributed by atoms with Crippen molar-refractivity contribution in [1.29, 1.82) is 0 Å². The Bertz CT molecular complexity index is 1100. The van der Waals surface area contributed by atoms with Gasteiger partial charge in [-0.05, 0) is 18.1 Å². The number of ether oxygens (including phenoxy) is 4. The molecule has 29 heavy (non-hydrogen) atoms. The van der Waals surface area contributed by atoms with Crippen LogP contribution in [0.2, 0.25) is 0 Å². The molecule has 0 fully saturated rings. The number of rotatable bonds is 5. The Labute approximate surface area is 169 Å². The van der Waals surface area contributed by atoms with Crippen molar-refractivity contribution in [2.75, 3.05) is 32.5 Å². The molecule has 4 heterocycles. The fraction of sp³-hybridized carbons (Fsp3) is 0.364. The van der Waals surface area contributed by atoms with Crippen LogP contribution < -0.4 is 23.8 Å². The van der Waals surface area contributed by atoms with Crippen LogP contribution in [0, 0.1) is 0 Å². The fourth-order valence-corrected chi connectivity index (χ4v) is 4.04. The molecule has 0 unspecified atom stereocenters. The third-order valence-corrected chi connectivity index (χ3v) is 5.55. The van der Waals surface area contributed by atoms with Crippen molar-refractivity contribution in [2.45, 2.75) is 26.3 Å². The van der Waals surface area contributed by atoms with E-state index in [0.717, 1.165) is 65.3 Å². The maximum Gasteiger partial charge on any atom is 0.257 e. The molecule has 0 saturated heterocycles. The second-order valence-corrected chi connectivity index (χ2v) is 7.22. The molecule has 2 aromatic heterocycles. The van der Waals surface area contributed by atoms with E-state index in [9.17, 15) is 0 Å². The molecule has 0 spiro atoms. The molecule has 0 radical (unpaired) electrons. The average Bonchev–Trinajstić information content (AvgIpc) is 3.22. The van der Waals surface area contributed by atoms with Gasteiger partial charge in [0.1, 0.15) is 0 Å². The van der Waals surface area contributed by atoms with Gasteiger partial charge in [-0.1, -0.05) is 13.3 Å². The highest BCUT2D eigenvalue weighted by molar-refractivity contribution is 5.94. The van der Waals surface area contributed by atoms with E-state index in [0.29, 0.717) is 11.6 Å². The summed E-state index contributed by atoms with van der Waals surface area (Å²) in [5, 5.41) is 1.07. The van der Waals surface area contributed by atoms with Crippen LogP contribution in [0.25, 0.3) is 22.2 Å². The summed E-state index contributed by atoms with van der Waals surface area (Å²) in [5.41, 5.74) is 5.02. The number of methoxy groups -OCH3 is 2. The zero-order chi connectivity index (χ0) is 20.0. The SMILES string of the molecule is CCCCN1Cc2c(cnc3cc4c(cc23)OCO4)-c2nc(OC)c(OC)cc21. The smallest absolute Gasteiger partial charge is 0.257 e. The van der Waals surface area contributed by atoms with Gasteiger partial charge in [0.25, 0.3) is 5.88 Å². The van der Waals surface area contributed by atoms with Crippen LogP contribution in [0.4, 0.5) is 5.69 Å². The van der Waals surface area contributed by atoms with E-state index in [1.165, 1.54) is 5.56 Å². The number of fused-ring (bicyclic) bond motifs is 6. The number of anilines is 1. The molecule has 2 aliphatic heterocycles. The average molecular weight is 393 g/mol. The zero-order valence-electron chi connectivity index (χ0n) is 16.8. The molecular weight excluding hydrogens is 370 g/mol. The lowest BCUT2D eigenvalue weighted by Crippen LogP contribution is -2.28. The predicted molar refractivity (Wildman–Crippen MR) is 110 cm³/mol. The third-order valence-electron chi connectivity index (χ3n) is 5.55. The van der Waals surface area contributed by atoms with Crippen LogP contribution >= 0.6 is 0 Å². The zero-order valence-corrected chi connectivity index (χ0v) is 16.8. The van der Waals surface area contributed by atoms with Crippen LogP contribution in [-0.4, -0.2) is 37.5 Å². The molecule has 0 bridgehead atoms. The van der Waals surface area contributed by atoms with E-state index in [1.54, 1.807) is 14.2 Å². The lowest BCUT2D eigenvalue weighted by Gasteiger charge is -2.33. The number of aromatic nitrogens is 2. The van der Waals surface area contributed by atoms with Crippen molar-refractivity contribution in [3.8, 4) is 34.4 Å².